The van der Waals surface area contributed by atoms with E-state index in [1.165, 1.54) is 0 Å². The molecule has 2 amide bonds. The highest BCUT2D eigenvalue weighted by atomic mass is 127. The molecule has 1 aliphatic heterocycles. The first-order valence-electron chi connectivity index (χ1n) is 5.01. The zero-order valence-corrected chi connectivity index (χ0v) is 10.8. The normalized spacial score (nSPS) is 15.9. The van der Waals surface area contributed by atoms with Crippen LogP contribution in [0.4, 0.5) is 10.6 Å². The van der Waals surface area contributed by atoms with Crippen molar-refractivity contribution in [2.45, 2.75) is 0 Å². The SMILES string of the molecule is O=C(Nc1cc(I)ccn1)N1CCOCC1. The average Bonchev–Trinajstić information content (AvgIpc) is 2.30. The predicted molar refractivity (Wildman–Crippen MR) is 68.4 cm³/mol. The zero-order chi connectivity index (χ0) is 11.4. The first kappa shape index (κ1) is 11.6. The van der Waals surface area contributed by atoms with Crippen LogP contribution in [0.5, 0.6) is 0 Å². The summed E-state index contributed by atoms with van der Waals surface area (Å²) in [6, 6.07) is 3.60. The quantitative estimate of drug-likeness (QED) is 0.794. The van der Waals surface area contributed by atoms with Gasteiger partial charge in [0.05, 0.1) is 13.2 Å². The Hall–Kier alpha value is -0.890. The second-order valence-electron chi connectivity index (χ2n) is 3.39. The number of morpholine rings is 1. The monoisotopic (exact) mass is 333 g/mol. The molecule has 1 saturated heterocycles. The lowest BCUT2D eigenvalue weighted by molar-refractivity contribution is 0.0564. The van der Waals surface area contributed by atoms with Crippen LogP contribution < -0.4 is 5.32 Å². The van der Waals surface area contributed by atoms with Crippen LogP contribution in [0.25, 0.3) is 0 Å². The fourth-order valence-corrected chi connectivity index (χ4v) is 1.88. The minimum Gasteiger partial charge on any atom is -0.378 e. The number of rotatable bonds is 1. The van der Waals surface area contributed by atoms with Crippen LogP contribution in [0.1, 0.15) is 0 Å². The van der Waals surface area contributed by atoms with Gasteiger partial charge in [-0.2, -0.15) is 0 Å². The van der Waals surface area contributed by atoms with Crippen molar-refractivity contribution in [1.82, 2.24) is 9.88 Å². The van der Waals surface area contributed by atoms with Gasteiger partial charge in [-0.25, -0.2) is 9.78 Å². The molecule has 5 nitrogen and oxygen atoms in total. The van der Waals surface area contributed by atoms with Crippen LogP contribution in [0.2, 0.25) is 0 Å². The van der Waals surface area contributed by atoms with Gasteiger partial charge >= 0.3 is 6.03 Å². The summed E-state index contributed by atoms with van der Waals surface area (Å²) >= 11 is 2.18. The Morgan fingerprint density at radius 3 is 2.94 bits per heavy atom. The van der Waals surface area contributed by atoms with Crippen LogP contribution in [0, 0.1) is 3.57 Å². The number of halogens is 1. The van der Waals surface area contributed by atoms with Crippen LogP contribution in [0.15, 0.2) is 18.3 Å². The highest BCUT2D eigenvalue weighted by Crippen LogP contribution is 2.10. The molecule has 86 valence electrons. The van der Waals surface area contributed by atoms with Crippen molar-refractivity contribution in [2.24, 2.45) is 0 Å². The van der Waals surface area contributed by atoms with E-state index in [2.05, 4.69) is 32.9 Å². The Balaban J connectivity index is 1.96. The number of hydrogen-bond acceptors (Lipinski definition) is 3. The molecule has 0 spiro atoms. The van der Waals surface area contributed by atoms with Crippen molar-refractivity contribution in [2.75, 3.05) is 31.6 Å². The first-order chi connectivity index (χ1) is 7.75. The number of pyridine rings is 1. The summed E-state index contributed by atoms with van der Waals surface area (Å²) in [5.74, 6) is 0.586. The second-order valence-corrected chi connectivity index (χ2v) is 4.63. The third kappa shape index (κ3) is 3.05. The maximum atomic E-state index is 11.8. The van der Waals surface area contributed by atoms with Crippen molar-refractivity contribution in [1.29, 1.82) is 0 Å². The topological polar surface area (TPSA) is 54.5 Å². The molecule has 0 unspecified atom stereocenters. The lowest BCUT2D eigenvalue weighted by atomic mass is 10.4. The van der Waals surface area contributed by atoms with Gasteiger partial charge < -0.3 is 9.64 Å². The molecular weight excluding hydrogens is 321 g/mol. The average molecular weight is 333 g/mol. The van der Waals surface area contributed by atoms with Crippen LogP contribution in [-0.2, 0) is 4.74 Å². The molecule has 1 fully saturated rings. The Morgan fingerprint density at radius 2 is 2.25 bits per heavy atom. The Kier molecular flexibility index (Phi) is 3.94. The van der Waals surface area contributed by atoms with Gasteiger partial charge in [0.25, 0.3) is 0 Å². The standard InChI is InChI=1S/C10H12IN3O2/c11-8-1-2-12-9(7-8)13-10(15)14-3-5-16-6-4-14/h1-2,7H,3-6H2,(H,12,13,15). The summed E-state index contributed by atoms with van der Waals surface area (Å²) in [5.41, 5.74) is 0. The number of urea groups is 1. The number of nitrogens with zero attached hydrogens (tertiary/aromatic N) is 2. The molecule has 1 aliphatic rings. The van der Waals surface area contributed by atoms with E-state index in [4.69, 9.17) is 4.74 Å². The minimum absolute atomic E-state index is 0.113. The Bertz CT molecular complexity index is 380. The molecule has 1 N–H and O–H groups in total. The zero-order valence-electron chi connectivity index (χ0n) is 8.65. The minimum atomic E-state index is -0.113. The van der Waals surface area contributed by atoms with Gasteiger partial charge in [0.2, 0.25) is 0 Å². The lowest BCUT2D eigenvalue weighted by Gasteiger charge is -2.26. The Morgan fingerprint density at radius 1 is 1.50 bits per heavy atom. The Labute approximate surface area is 107 Å². The van der Waals surface area contributed by atoms with E-state index in [0.29, 0.717) is 32.1 Å². The smallest absolute Gasteiger partial charge is 0.323 e. The molecule has 0 saturated carbocycles. The van der Waals surface area contributed by atoms with E-state index in [-0.39, 0.29) is 6.03 Å². The van der Waals surface area contributed by atoms with E-state index in [0.717, 1.165) is 3.57 Å². The van der Waals surface area contributed by atoms with Crippen molar-refractivity contribution in [3.8, 4) is 0 Å². The van der Waals surface area contributed by atoms with Crippen LogP contribution in [0.3, 0.4) is 0 Å². The van der Waals surface area contributed by atoms with Gasteiger partial charge in [-0.3, -0.25) is 5.32 Å². The highest BCUT2D eigenvalue weighted by molar-refractivity contribution is 14.1. The summed E-state index contributed by atoms with van der Waals surface area (Å²) in [6.07, 6.45) is 1.68. The molecule has 1 aromatic heterocycles. The van der Waals surface area contributed by atoms with Crippen molar-refractivity contribution >= 4 is 34.4 Å². The van der Waals surface area contributed by atoms with E-state index >= 15 is 0 Å². The number of ether oxygens (including phenoxy) is 1. The predicted octanol–water partition coefficient (Wildman–Crippen LogP) is 1.55. The molecule has 2 heterocycles. The summed E-state index contributed by atoms with van der Waals surface area (Å²) < 4.78 is 6.23. The number of amides is 2. The number of carbonyl (C=O) groups is 1. The maximum Gasteiger partial charge on any atom is 0.323 e. The summed E-state index contributed by atoms with van der Waals surface area (Å²) in [6.45, 7) is 2.48. The maximum absolute atomic E-state index is 11.8. The molecule has 2 rings (SSSR count). The molecule has 0 bridgehead atoms. The number of anilines is 1. The summed E-state index contributed by atoms with van der Waals surface area (Å²) in [7, 11) is 0. The number of carbonyl (C=O) groups excluding carboxylic acids is 1. The van der Waals surface area contributed by atoms with E-state index in [9.17, 15) is 4.79 Å². The van der Waals surface area contributed by atoms with Gasteiger partial charge in [0.1, 0.15) is 5.82 Å². The van der Waals surface area contributed by atoms with Crippen molar-refractivity contribution < 1.29 is 9.53 Å². The molecule has 1 aromatic rings. The van der Waals surface area contributed by atoms with E-state index in [1.807, 2.05) is 12.1 Å². The van der Waals surface area contributed by atoms with Gasteiger partial charge in [-0.1, -0.05) is 0 Å². The third-order valence-electron chi connectivity index (χ3n) is 2.26. The molecule has 0 aliphatic carbocycles. The van der Waals surface area contributed by atoms with Gasteiger partial charge in [0, 0.05) is 22.9 Å². The molecule has 0 aromatic carbocycles. The third-order valence-corrected chi connectivity index (χ3v) is 2.93. The number of nitrogens with one attached hydrogen (secondary N) is 1. The summed E-state index contributed by atoms with van der Waals surface area (Å²) in [4.78, 5) is 17.6. The van der Waals surface area contributed by atoms with Gasteiger partial charge in [0.15, 0.2) is 0 Å². The molecule has 0 atom stereocenters. The van der Waals surface area contributed by atoms with Gasteiger partial charge in [-0.05, 0) is 34.7 Å². The molecular formula is C10H12IN3O2. The fraction of sp³-hybridized carbons (Fsp3) is 0.400. The largest absolute Gasteiger partial charge is 0.378 e. The second kappa shape index (κ2) is 5.44. The number of aromatic nitrogens is 1. The van der Waals surface area contributed by atoms with Crippen LogP contribution in [-0.4, -0.2) is 42.2 Å². The number of hydrogen-bond donors (Lipinski definition) is 1. The molecule has 0 radical (unpaired) electrons. The highest BCUT2D eigenvalue weighted by Gasteiger charge is 2.16. The lowest BCUT2D eigenvalue weighted by Crippen LogP contribution is -2.43. The molecule has 16 heavy (non-hydrogen) atoms. The van der Waals surface area contributed by atoms with Crippen molar-refractivity contribution in [3.63, 3.8) is 0 Å². The van der Waals surface area contributed by atoms with E-state index in [1.54, 1.807) is 11.1 Å². The van der Waals surface area contributed by atoms with E-state index < -0.39 is 0 Å². The van der Waals surface area contributed by atoms with Crippen LogP contribution >= 0.6 is 22.6 Å². The molecule has 6 heteroatoms. The fourth-order valence-electron chi connectivity index (χ4n) is 1.43. The van der Waals surface area contributed by atoms with Crippen molar-refractivity contribution in [3.05, 3.63) is 21.9 Å². The van der Waals surface area contributed by atoms with Gasteiger partial charge in [-0.15, -0.1) is 0 Å². The summed E-state index contributed by atoms with van der Waals surface area (Å²) in [5, 5.41) is 2.77. The first-order valence-corrected chi connectivity index (χ1v) is 6.09.